The van der Waals surface area contributed by atoms with Crippen molar-refractivity contribution in [3.8, 4) is 22.8 Å². The third-order valence-corrected chi connectivity index (χ3v) is 4.74. The van der Waals surface area contributed by atoms with Gasteiger partial charge >= 0.3 is 0 Å². The Bertz CT molecular complexity index is 878. The Labute approximate surface area is 151 Å². The highest BCUT2D eigenvalue weighted by Gasteiger charge is 2.15. The van der Waals surface area contributed by atoms with Crippen LogP contribution < -0.4 is 10.1 Å². The van der Waals surface area contributed by atoms with Gasteiger partial charge in [-0.05, 0) is 52.3 Å². The van der Waals surface area contributed by atoms with Crippen LogP contribution in [0, 0.1) is 0 Å². The van der Waals surface area contributed by atoms with Gasteiger partial charge in [-0.2, -0.15) is 0 Å². The number of hydrogen-bond donors (Lipinski definition) is 2. The Balaban J connectivity index is 1.78. The normalized spacial score (nSPS) is 10.4. The molecule has 3 aromatic rings. The van der Waals surface area contributed by atoms with E-state index in [1.54, 1.807) is 25.3 Å². The minimum atomic E-state index is -0.413. The van der Waals surface area contributed by atoms with E-state index in [0.29, 0.717) is 9.60 Å². The number of thiazole rings is 1. The van der Waals surface area contributed by atoms with Crippen molar-refractivity contribution >= 4 is 38.3 Å². The lowest BCUT2D eigenvalue weighted by atomic mass is 10.2. The molecular formula is C17H13BrN2O3S. The van der Waals surface area contributed by atoms with E-state index in [0.717, 1.165) is 17.0 Å². The molecule has 0 aliphatic heterocycles. The van der Waals surface area contributed by atoms with Gasteiger partial charge in [-0.3, -0.25) is 10.1 Å². The Morgan fingerprint density at radius 1 is 1.25 bits per heavy atom. The molecule has 0 saturated heterocycles. The number of benzene rings is 2. The van der Waals surface area contributed by atoms with Crippen molar-refractivity contribution in [3.05, 3.63) is 57.9 Å². The van der Waals surface area contributed by atoms with Gasteiger partial charge in [-0.1, -0.05) is 6.07 Å². The number of carbonyl (C=O) groups excluding carboxylic acids is 1. The molecule has 2 N–H and O–H groups in total. The molecule has 122 valence electrons. The van der Waals surface area contributed by atoms with Crippen LogP contribution in [0.5, 0.6) is 11.5 Å². The molecule has 1 amide bonds. The predicted octanol–water partition coefficient (Wildman–Crippen LogP) is 4.54. The summed E-state index contributed by atoms with van der Waals surface area (Å²) in [6.07, 6.45) is 0. The highest BCUT2D eigenvalue weighted by atomic mass is 79.9. The number of anilines is 1. The zero-order valence-electron chi connectivity index (χ0n) is 12.6. The number of phenolic OH excluding ortho intramolecular Hbond substituents is 1. The molecule has 0 saturated carbocycles. The number of nitrogens with one attached hydrogen (secondary N) is 1. The van der Waals surface area contributed by atoms with Gasteiger partial charge in [-0.25, -0.2) is 4.98 Å². The first-order chi connectivity index (χ1) is 11.6. The van der Waals surface area contributed by atoms with E-state index in [2.05, 4.69) is 26.2 Å². The fourth-order valence-corrected chi connectivity index (χ4v) is 3.17. The topological polar surface area (TPSA) is 71.5 Å². The van der Waals surface area contributed by atoms with E-state index in [1.807, 2.05) is 29.6 Å². The first kappa shape index (κ1) is 16.5. The highest BCUT2D eigenvalue weighted by molar-refractivity contribution is 9.10. The predicted molar refractivity (Wildman–Crippen MR) is 97.9 cm³/mol. The zero-order valence-corrected chi connectivity index (χ0v) is 15.0. The molecule has 0 bridgehead atoms. The maximum absolute atomic E-state index is 12.3. The molecule has 0 aliphatic rings. The Morgan fingerprint density at radius 3 is 2.71 bits per heavy atom. The Kier molecular flexibility index (Phi) is 4.82. The lowest BCUT2D eigenvalue weighted by Crippen LogP contribution is -2.11. The smallest absolute Gasteiger partial charge is 0.261 e. The first-order valence-corrected chi connectivity index (χ1v) is 8.64. The van der Waals surface area contributed by atoms with Gasteiger partial charge in [0.25, 0.3) is 5.91 Å². The number of hydrogen-bond acceptors (Lipinski definition) is 5. The van der Waals surface area contributed by atoms with Gasteiger partial charge in [0.15, 0.2) is 5.13 Å². The van der Waals surface area contributed by atoms with Crippen molar-refractivity contribution in [1.29, 1.82) is 0 Å². The Morgan fingerprint density at radius 2 is 2.00 bits per heavy atom. The quantitative estimate of drug-likeness (QED) is 0.669. The van der Waals surface area contributed by atoms with Crippen LogP contribution in [-0.4, -0.2) is 23.1 Å². The number of ether oxygens (including phenoxy) is 1. The summed E-state index contributed by atoms with van der Waals surface area (Å²) in [5.41, 5.74) is 1.87. The minimum Gasteiger partial charge on any atom is -0.506 e. The minimum absolute atomic E-state index is 0.0954. The summed E-state index contributed by atoms with van der Waals surface area (Å²) in [6.45, 7) is 0. The van der Waals surface area contributed by atoms with Crippen LogP contribution >= 0.6 is 27.3 Å². The number of nitrogens with zero attached hydrogens (tertiary/aromatic N) is 1. The van der Waals surface area contributed by atoms with Crippen molar-refractivity contribution in [1.82, 2.24) is 4.98 Å². The SMILES string of the molecule is COc1ccc(-c2csc(NC(=O)c3cccc(Br)c3O)n2)cc1. The van der Waals surface area contributed by atoms with Crippen molar-refractivity contribution in [2.24, 2.45) is 0 Å². The number of methoxy groups -OCH3 is 1. The molecule has 0 aliphatic carbocycles. The molecule has 0 atom stereocenters. The van der Waals surface area contributed by atoms with Crippen molar-refractivity contribution in [2.75, 3.05) is 12.4 Å². The molecule has 2 aromatic carbocycles. The molecule has 0 spiro atoms. The molecule has 0 unspecified atom stereocenters. The average Bonchev–Trinajstić information content (AvgIpc) is 3.05. The monoisotopic (exact) mass is 404 g/mol. The van der Waals surface area contributed by atoms with Crippen LogP contribution in [0.1, 0.15) is 10.4 Å². The third kappa shape index (κ3) is 3.42. The molecule has 5 nitrogen and oxygen atoms in total. The number of phenols is 1. The van der Waals surface area contributed by atoms with Crippen molar-refractivity contribution in [2.45, 2.75) is 0 Å². The summed E-state index contributed by atoms with van der Waals surface area (Å²) in [7, 11) is 1.61. The second-order valence-corrected chi connectivity index (χ2v) is 6.57. The maximum Gasteiger partial charge on any atom is 0.261 e. The van der Waals surface area contributed by atoms with Gasteiger partial charge in [0.1, 0.15) is 11.5 Å². The van der Waals surface area contributed by atoms with Crippen LogP contribution in [0.25, 0.3) is 11.3 Å². The fraction of sp³-hybridized carbons (Fsp3) is 0.0588. The lowest BCUT2D eigenvalue weighted by Gasteiger charge is -2.05. The van der Waals surface area contributed by atoms with E-state index in [9.17, 15) is 9.90 Å². The van der Waals surface area contributed by atoms with Gasteiger partial charge in [-0.15, -0.1) is 11.3 Å². The third-order valence-electron chi connectivity index (χ3n) is 3.34. The second kappa shape index (κ2) is 7.02. The average molecular weight is 405 g/mol. The summed E-state index contributed by atoms with van der Waals surface area (Å²) < 4.78 is 5.60. The lowest BCUT2D eigenvalue weighted by molar-refractivity contribution is 0.102. The van der Waals surface area contributed by atoms with E-state index in [-0.39, 0.29) is 11.3 Å². The van der Waals surface area contributed by atoms with Crippen LogP contribution in [0.15, 0.2) is 52.3 Å². The summed E-state index contributed by atoms with van der Waals surface area (Å²) in [5.74, 6) is 0.263. The number of carbonyl (C=O) groups is 1. The molecule has 1 heterocycles. The van der Waals surface area contributed by atoms with E-state index in [1.165, 1.54) is 11.3 Å². The zero-order chi connectivity index (χ0) is 17.1. The summed E-state index contributed by atoms with van der Waals surface area (Å²) in [5, 5.41) is 15.0. The molecule has 3 rings (SSSR count). The number of rotatable bonds is 4. The van der Waals surface area contributed by atoms with Crippen LogP contribution in [-0.2, 0) is 0 Å². The highest BCUT2D eigenvalue weighted by Crippen LogP contribution is 2.30. The molecule has 24 heavy (non-hydrogen) atoms. The summed E-state index contributed by atoms with van der Waals surface area (Å²) in [6, 6.07) is 12.4. The van der Waals surface area contributed by atoms with Gasteiger partial charge in [0.2, 0.25) is 0 Å². The summed E-state index contributed by atoms with van der Waals surface area (Å²) in [4.78, 5) is 16.7. The summed E-state index contributed by atoms with van der Waals surface area (Å²) >= 11 is 4.51. The Hall–Kier alpha value is -2.38. The largest absolute Gasteiger partial charge is 0.506 e. The van der Waals surface area contributed by atoms with Gasteiger partial charge in [0, 0.05) is 10.9 Å². The van der Waals surface area contributed by atoms with E-state index in [4.69, 9.17) is 4.74 Å². The fourth-order valence-electron chi connectivity index (χ4n) is 2.09. The van der Waals surface area contributed by atoms with E-state index < -0.39 is 5.91 Å². The molecule has 0 radical (unpaired) electrons. The van der Waals surface area contributed by atoms with Crippen LogP contribution in [0.4, 0.5) is 5.13 Å². The van der Waals surface area contributed by atoms with Gasteiger partial charge in [0.05, 0.1) is 22.8 Å². The van der Waals surface area contributed by atoms with Crippen molar-refractivity contribution < 1.29 is 14.6 Å². The van der Waals surface area contributed by atoms with Crippen molar-refractivity contribution in [3.63, 3.8) is 0 Å². The van der Waals surface area contributed by atoms with E-state index >= 15 is 0 Å². The molecule has 0 fully saturated rings. The molecular weight excluding hydrogens is 392 g/mol. The number of para-hydroxylation sites is 1. The number of halogens is 1. The standard InChI is InChI=1S/C17H13BrN2O3S/c1-23-11-7-5-10(6-8-11)14-9-24-17(19-14)20-16(22)12-3-2-4-13(18)15(12)21/h2-9,21H,1H3,(H,19,20,22). The van der Waals surface area contributed by atoms with Gasteiger partial charge < -0.3 is 9.84 Å². The molecule has 7 heteroatoms. The first-order valence-electron chi connectivity index (χ1n) is 6.97. The number of aromatic hydroxyl groups is 1. The number of aromatic nitrogens is 1. The van der Waals surface area contributed by atoms with Crippen LogP contribution in [0.2, 0.25) is 0 Å². The van der Waals surface area contributed by atoms with Crippen LogP contribution in [0.3, 0.4) is 0 Å². The number of amides is 1. The molecule has 1 aromatic heterocycles. The second-order valence-electron chi connectivity index (χ2n) is 4.86. The maximum atomic E-state index is 12.3.